The third kappa shape index (κ3) is 3.68. The van der Waals surface area contributed by atoms with E-state index in [2.05, 4.69) is 0 Å². The van der Waals surface area contributed by atoms with Gasteiger partial charge in [-0.2, -0.15) is 0 Å². The molecule has 30 heavy (non-hydrogen) atoms. The number of carbonyl (C=O) groups is 1. The molecule has 0 fully saturated rings. The second-order valence-corrected chi connectivity index (χ2v) is 8.25. The Hall–Kier alpha value is -3.19. The van der Waals surface area contributed by atoms with Crippen molar-refractivity contribution in [3.8, 4) is 33.4 Å². The van der Waals surface area contributed by atoms with Crippen LogP contribution in [0.5, 0.6) is 23.0 Å². The first-order chi connectivity index (χ1) is 14.7. The van der Waals surface area contributed by atoms with E-state index in [1.165, 1.54) is 11.3 Å². The second-order valence-electron chi connectivity index (χ2n) is 7.16. The summed E-state index contributed by atoms with van der Waals surface area (Å²) in [5, 5.41) is 0. The summed E-state index contributed by atoms with van der Waals surface area (Å²) in [6.07, 6.45) is 0. The summed E-state index contributed by atoms with van der Waals surface area (Å²) in [6, 6.07) is 15.5. The highest BCUT2D eigenvalue weighted by Gasteiger charge is 2.18. The molecule has 0 saturated carbocycles. The van der Waals surface area contributed by atoms with Gasteiger partial charge in [-0.15, -0.1) is 11.3 Å². The fourth-order valence-electron chi connectivity index (χ4n) is 3.52. The maximum absolute atomic E-state index is 13.0. The number of hydrogen-bond acceptors (Lipinski definition) is 6. The molecule has 0 atom stereocenters. The number of hydrogen-bond donors (Lipinski definition) is 0. The summed E-state index contributed by atoms with van der Waals surface area (Å²) in [5.41, 5.74) is 2.01. The minimum Gasteiger partial charge on any atom is -0.486 e. The molecule has 0 radical (unpaired) electrons. The zero-order chi connectivity index (χ0) is 20.5. The predicted octanol–water partition coefficient (Wildman–Crippen LogP) is 4.23. The van der Waals surface area contributed by atoms with Crippen molar-refractivity contribution >= 4 is 17.2 Å². The van der Waals surface area contributed by atoms with Crippen molar-refractivity contribution in [1.29, 1.82) is 0 Å². The van der Waals surface area contributed by atoms with Gasteiger partial charge in [0.2, 0.25) is 0 Å². The van der Waals surface area contributed by atoms with Crippen LogP contribution < -0.4 is 18.9 Å². The summed E-state index contributed by atoms with van der Waals surface area (Å²) in [5.74, 6) is 2.98. The standard InChI is InChI=1S/C23H21NO5S/c1-24(14-15-2-4-17-19(12-15)28-10-8-26-17)23(25)22-7-6-21(30-22)16-3-5-18-20(13-16)29-11-9-27-18/h2-7,12-13H,8-11,14H2,1H3. The van der Waals surface area contributed by atoms with Gasteiger partial charge in [0.25, 0.3) is 5.91 Å². The van der Waals surface area contributed by atoms with Gasteiger partial charge in [-0.1, -0.05) is 6.07 Å². The Morgan fingerprint density at radius 1 is 0.833 bits per heavy atom. The molecule has 0 saturated heterocycles. The van der Waals surface area contributed by atoms with Gasteiger partial charge >= 0.3 is 0 Å². The van der Waals surface area contributed by atoms with Crippen LogP contribution in [0.4, 0.5) is 0 Å². The minimum atomic E-state index is -0.0151. The average Bonchev–Trinajstić information content (AvgIpc) is 3.28. The molecular weight excluding hydrogens is 402 g/mol. The molecule has 2 aliphatic rings. The minimum absolute atomic E-state index is 0.0151. The summed E-state index contributed by atoms with van der Waals surface area (Å²) in [7, 11) is 1.81. The van der Waals surface area contributed by atoms with E-state index >= 15 is 0 Å². The van der Waals surface area contributed by atoms with Crippen molar-refractivity contribution in [2.24, 2.45) is 0 Å². The van der Waals surface area contributed by atoms with Crippen molar-refractivity contribution in [3.05, 3.63) is 59.0 Å². The summed E-state index contributed by atoms with van der Waals surface area (Å²) >= 11 is 1.47. The summed E-state index contributed by atoms with van der Waals surface area (Å²) in [4.78, 5) is 16.4. The summed E-state index contributed by atoms with van der Waals surface area (Å²) < 4.78 is 22.4. The molecule has 154 valence electrons. The van der Waals surface area contributed by atoms with Crippen molar-refractivity contribution in [1.82, 2.24) is 4.90 Å². The number of carbonyl (C=O) groups excluding carboxylic acids is 1. The molecule has 0 unspecified atom stereocenters. The number of rotatable bonds is 4. The molecule has 3 aromatic rings. The van der Waals surface area contributed by atoms with E-state index in [0.717, 1.165) is 39.0 Å². The number of ether oxygens (including phenoxy) is 4. The number of nitrogens with zero attached hydrogens (tertiary/aromatic N) is 1. The lowest BCUT2D eigenvalue weighted by Gasteiger charge is -2.21. The normalized spacial score (nSPS) is 14.3. The molecule has 7 heteroatoms. The molecule has 2 aliphatic heterocycles. The quantitative estimate of drug-likeness (QED) is 0.629. The van der Waals surface area contributed by atoms with E-state index in [4.69, 9.17) is 18.9 Å². The Morgan fingerprint density at radius 2 is 1.47 bits per heavy atom. The van der Waals surface area contributed by atoms with Gasteiger partial charge in [-0.05, 0) is 53.6 Å². The first kappa shape index (κ1) is 18.8. The molecule has 2 aromatic carbocycles. The maximum Gasteiger partial charge on any atom is 0.263 e. The van der Waals surface area contributed by atoms with Crippen molar-refractivity contribution in [2.75, 3.05) is 33.5 Å². The van der Waals surface area contributed by atoms with E-state index in [9.17, 15) is 4.79 Å². The highest BCUT2D eigenvalue weighted by Crippen LogP contribution is 2.37. The molecule has 0 bridgehead atoms. The SMILES string of the molecule is CN(Cc1ccc2c(c1)OCCO2)C(=O)c1ccc(-c2ccc3c(c2)OCCO3)s1. The Balaban J connectivity index is 1.30. The third-order valence-corrected chi connectivity index (χ3v) is 6.14. The molecular formula is C23H21NO5S. The first-order valence-electron chi connectivity index (χ1n) is 9.81. The van der Waals surface area contributed by atoms with Gasteiger partial charge in [0, 0.05) is 18.5 Å². The van der Waals surface area contributed by atoms with Crippen LogP contribution in [0.2, 0.25) is 0 Å². The molecule has 1 aromatic heterocycles. The van der Waals surface area contributed by atoms with Crippen LogP contribution in [0.1, 0.15) is 15.2 Å². The lowest BCUT2D eigenvalue weighted by molar-refractivity contribution is 0.0789. The first-order valence-corrected chi connectivity index (χ1v) is 10.6. The van der Waals surface area contributed by atoms with E-state index in [-0.39, 0.29) is 5.91 Å². The lowest BCUT2D eigenvalue weighted by atomic mass is 10.1. The van der Waals surface area contributed by atoms with Crippen LogP contribution >= 0.6 is 11.3 Å². The monoisotopic (exact) mass is 423 g/mol. The highest BCUT2D eigenvalue weighted by molar-refractivity contribution is 7.17. The zero-order valence-electron chi connectivity index (χ0n) is 16.6. The van der Waals surface area contributed by atoms with Crippen LogP contribution in [0.15, 0.2) is 48.5 Å². The van der Waals surface area contributed by atoms with E-state index < -0.39 is 0 Å². The Bertz CT molecular complexity index is 1090. The highest BCUT2D eigenvalue weighted by atomic mass is 32.1. The van der Waals surface area contributed by atoms with Gasteiger partial charge in [0.15, 0.2) is 23.0 Å². The van der Waals surface area contributed by atoms with Crippen LogP contribution in [0, 0.1) is 0 Å². The Kier molecular flexibility index (Phi) is 4.96. The van der Waals surface area contributed by atoms with Crippen LogP contribution in [-0.4, -0.2) is 44.3 Å². The van der Waals surface area contributed by atoms with Crippen molar-refractivity contribution in [3.63, 3.8) is 0 Å². The molecule has 1 amide bonds. The van der Waals surface area contributed by atoms with Gasteiger partial charge in [0.05, 0.1) is 4.88 Å². The zero-order valence-corrected chi connectivity index (χ0v) is 17.4. The molecule has 3 heterocycles. The lowest BCUT2D eigenvalue weighted by Crippen LogP contribution is -2.25. The second kappa shape index (κ2) is 7.91. The fraction of sp³-hybridized carbons (Fsp3) is 0.261. The topological polar surface area (TPSA) is 57.2 Å². The number of benzene rings is 2. The number of thiophene rings is 1. The van der Waals surface area contributed by atoms with E-state index in [1.54, 1.807) is 4.90 Å². The molecule has 0 aliphatic carbocycles. The van der Waals surface area contributed by atoms with Gasteiger partial charge < -0.3 is 23.8 Å². The predicted molar refractivity (Wildman–Crippen MR) is 114 cm³/mol. The van der Waals surface area contributed by atoms with Gasteiger partial charge in [-0.25, -0.2) is 0 Å². The largest absolute Gasteiger partial charge is 0.486 e. The van der Waals surface area contributed by atoms with Gasteiger partial charge in [0.1, 0.15) is 26.4 Å². The van der Waals surface area contributed by atoms with Crippen molar-refractivity contribution in [2.45, 2.75) is 6.54 Å². The Labute approximate surface area is 178 Å². The van der Waals surface area contributed by atoms with Gasteiger partial charge in [-0.3, -0.25) is 4.79 Å². The van der Waals surface area contributed by atoms with E-state index in [0.29, 0.717) is 37.8 Å². The molecule has 0 spiro atoms. The maximum atomic E-state index is 13.0. The molecule has 0 N–H and O–H groups in total. The number of fused-ring (bicyclic) bond motifs is 2. The van der Waals surface area contributed by atoms with Crippen LogP contribution in [0.25, 0.3) is 10.4 Å². The van der Waals surface area contributed by atoms with E-state index in [1.807, 2.05) is 55.6 Å². The number of amides is 1. The smallest absolute Gasteiger partial charge is 0.263 e. The third-order valence-electron chi connectivity index (χ3n) is 5.02. The summed E-state index contributed by atoms with van der Waals surface area (Å²) in [6.45, 7) is 2.72. The van der Waals surface area contributed by atoms with Crippen LogP contribution in [-0.2, 0) is 6.54 Å². The average molecular weight is 423 g/mol. The van der Waals surface area contributed by atoms with Crippen LogP contribution in [0.3, 0.4) is 0 Å². The fourth-order valence-corrected chi connectivity index (χ4v) is 4.52. The molecule has 5 rings (SSSR count). The Morgan fingerprint density at radius 3 is 2.20 bits per heavy atom. The molecule has 6 nitrogen and oxygen atoms in total. The van der Waals surface area contributed by atoms with Crippen molar-refractivity contribution < 1.29 is 23.7 Å².